The zero-order chi connectivity index (χ0) is 14.6. The molecule has 0 aliphatic heterocycles. The van der Waals surface area contributed by atoms with E-state index in [-0.39, 0.29) is 0 Å². The molecule has 6 nitrogen and oxygen atoms in total. The second kappa shape index (κ2) is 6.33. The van der Waals surface area contributed by atoms with Crippen LogP contribution in [0.3, 0.4) is 0 Å². The molecule has 1 rings (SSSR count). The molecule has 0 saturated carbocycles. The van der Waals surface area contributed by atoms with E-state index in [4.69, 9.17) is 10.8 Å². The fraction of sp³-hybridized carbons (Fsp3) is 0.250. The van der Waals surface area contributed by atoms with Crippen molar-refractivity contribution < 1.29 is 19.5 Å². The molecule has 1 aromatic carbocycles. The van der Waals surface area contributed by atoms with Crippen LogP contribution in [0.25, 0.3) is 0 Å². The molecule has 1 unspecified atom stereocenters. The molecule has 0 bridgehead atoms. The first kappa shape index (κ1) is 15.2. The summed E-state index contributed by atoms with van der Waals surface area (Å²) in [6, 6.07) is 3.74. The maximum Gasteiger partial charge on any atom is 0.326 e. The summed E-state index contributed by atoms with van der Waals surface area (Å²) in [6.07, 6.45) is -0.450. The van der Waals surface area contributed by atoms with Gasteiger partial charge < -0.3 is 16.2 Å². The zero-order valence-corrected chi connectivity index (χ0v) is 11.7. The van der Waals surface area contributed by atoms with Crippen molar-refractivity contribution in [1.82, 2.24) is 5.32 Å². The van der Waals surface area contributed by atoms with Gasteiger partial charge in [0.2, 0.25) is 5.91 Å². The highest BCUT2D eigenvalue weighted by molar-refractivity contribution is 9.10. The minimum Gasteiger partial charge on any atom is -0.480 e. The molecule has 2 amide bonds. The summed E-state index contributed by atoms with van der Waals surface area (Å²) >= 11 is 3.23. The van der Waals surface area contributed by atoms with Gasteiger partial charge >= 0.3 is 5.97 Å². The van der Waals surface area contributed by atoms with Crippen LogP contribution in [0, 0.1) is 6.92 Å². The zero-order valence-electron chi connectivity index (χ0n) is 10.1. The Morgan fingerprint density at radius 2 is 2.05 bits per heavy atom. The molecule has 0 saturated heterocycles. The van der Waals surface area contributed by atoms with Gasteiger partial charge in [0.05, 0.1) is 6.42 Å². The van der Waals surface area contributed by atoms with Crippen LogP contribution in [0.15, 0.2) is 22.7 Å². The number of primary amides is 1. The minimum absolute atomic E-state index is 0.338. The Balaban J connectivity index is 2.90. The van der Waals surface area contributed by atoms with E-state index in [0.29, 0.717) is 15.6 Å². The number of aliphatic carboxylic acids is 1. The first-order valence-corrected chi connectivity index (χ1v) is 6.18. The molecule has 0 aromatic heterocycles. The van der Waals surface area contributed by atoms with Crippen LogP contribution in [-0.2, 0) is 9.59 Å². The number of nitrogens with two attached hydrogens (primary N) is 1. The van der Waals surface area contributed by atoms with Gasteiger partial charge in [-0.15, -0.1) is 0 Å². The van der Waals surface area contributed by atoms with Crippen molar-refractivity contribution in [1.29, 1.82) is 0 Å². The normalized spacial score (nSPS) is 11.7. The maximum atomic E-state index is 12.0. The van der Waals surface area contributed by atoms with Gasteiger partial charge in [-0.3, -0.25) is 9.59 Å². The summed E-state index contributed by atoms with van der Waals surface area (Å²) in [4.78, 5) is 33.6. The summed E-state index contributed by atoms with van der Waals surface area (Å²) in [5, 5.41) is 11.2. The van der Waals surface area contributed by atoms with Crippen LogP contribution in [0.2, 0.25) is 0 Å². The van der Waals surface area contributed by atoms with Gasteiger partial charge in [0, 0.05) is 10.0 Å². The van der Waals surface area contributed by atoms with E-state index in [1.165, 1.54) is 0 Å². The molecule has 0 heterocycles. The summed E-state index contributed by atoms with van der Waals surface area (Å²) in [7, 11) is 0. The predicted molar refractivity (Wildman–Crippen MR) is 71.6 cm³/mol. The second-order valence-corrected chi connectivity index (χ2v) is 4.91. The number of rotatable bonds is 5. The summed E-state index contributed by atoms with van der Waals surface area (Å²) < 4.78 is 0.699. The number of hydrogen-bond acceptors (Lipinski definition) is 3. The molecule has 0 radical (unpaired) electrons. The molecule has 102 valence electrons. The minimum atomic E-state index is -1.33. The number of amides is 2. The highest BCUT2D eigenvalue weighted by Gasteiger charge is 2.23. The smallest absolute Gasteiger partial charge is 0.326 e. The molecule has 4 N–H and O–H groups in total. The van der Waals surface area contributed by atoms with Crippen LogP contribution in [0.5, 0.6) is 0 Å². The number of carbonyl (C=O) groups is 3. The Morgan fingerprint density at radius 1 is 1.42 bits per heavy atom. The first-order valence-electron chi connectivity index (χ1n) is 5.39. The Morgan fingerprint density at radius 3 is 2.58 bits per heavy atom. The highest BCUT2D eigenvalue weighted by atomic mass is 79.9. The molecule has 1 aromatic rings. The van der Waals surface area contributed by atoms with Crippen LogP contribution in [-0.4, -0.2) is 28.9 Å². The number of carboxylic acids is 1. The summed E-state index contributed by atoms with van der Waals surface area (Å²) in [5.74, 6) is -2.66. The topological polar surface area (TPSA) is 109 Å². The van der Waals surface area contributed by atoms with Crippen molar-refractivity contribution in [2.45, 2.75) is 19.4 Å². The largest absolute Gasteiger partial charge is 0.480 e. The second-order valence-electron chi connectivity index (χ2n) is 3.99. The maximum absolute atomic E-state index is 12.0. The Kier molecular flexibility index (Phi) is 5.05. The Bertz CT molecular complexity index is 530. The number of hydrogen-bond donors (Lipinski definition) is 3. The lowest BCUT2D eigenvalue weighted by atomic mass is 10.1. The number of carbonyl (C=O) groups excluding carboxylic acids is 2. The predicted octanol–water partition coefficient (Wildman–Crippen LogP) is 0.816. The van der Waals surface area contributed by atoms with E-state index in [2.05, 4.69) is 21.2 Å². The van der Waals surface area contributed by atoms with Crippen LogP contribution >= 0.6 is 15.9 Å². The molecule has 0 aliphatic carbocycles. The third kappa shape index (κ3) is 4.36. The summed E-state index contributed by atoms with van der Waals surface area (Å²) in [6.45, 7) is 1.73. The van der Waals surface area contributed by atoms with Gasteiger partial charge in [-0.1, -0.05) is 22.0 Å². The van der Waals surface area contributed by atoms with Crippen LogP contribution in [0.1, 0.15) is 22.3 Å². The van der Waals surface area contributed by atoms with Crippen LogP contribution < -0.4 is 11.1 Å². The third-order valence-electron chi connectivity index (χ3n) is 2.45. The lowest BCUT2D eigenvalue weighted by Crippen LogP contribution is -2.43. The fourth-order valence-electron chi connectivity index (χ4n) is 1.48. The van der Waals surface area contributed by atoms with Gasteiger partial charge in [0.1, 0.15) is 6.04 Å². The number of benzene rings is 1. The molecule has 0 aliphatic rings. The van der Waals surface area contributed by atoms with E-state index in [9.17, 15) is 14.4 Å². The van der Waals surface area contributed by atoms with Gasteiger partial charge in [-0.2, -0.15) is 0 Å². The monoisotopic (exact) mass is 328 g/mol. The van der Waals surface area contributed by atoms with Crippen molar-refractivity contribution in [2.24, 2.45) is 5.73 Å². The van der Waals surface area contributed by atoms with Crippen molar-refractivity contribution in [3.63, 3.8) is 0 Å². The van der Waals surface area contributed by atoms with Crippen molar-refractivity contribution in [3.05, 3.63) is 33.8 Å². The molecule has 7 heteroatoms. The van der Waals surface area contributed by atoms with Crippen molar-refractivity contribution >= 4 is 33.7 Å². The van der Waals surface area contributed by atoms with E-state index in [0.717, 1.165) is 0 Å². The van der Waals surface area contributed by atoms with E-state index >= 15 is 0 Å². The standard InChI is InChI=1S/C12H13BrN2O4/c1-6-2-3-7(13)4-8(6)11(17)15-9(12(18)19)5-10(14)16/h2-4,9H,5H2,1H3,(H2,14,16)(H,15,17)(H,18,19). The first-order chi connectivity index (χ1) is 8.81. The third-order valence-corrected chi connectivity index (χ3v) is 2.95. The van der Waals surface area contributed by atoms with Gasteiger partial charge in [-0.05, 0) is 24.6 Å². The fourth-order valence-corrected chi connectivity index (χ4v) is 1.84. The van der Waals surface area contributed by atoms with Gasteiger partial charge in [0.25, 0.3) is 5.91 Å². The van der Waals surface area contributed by atoms with E-state index < -0.39 is 30.2 Å². The number of aryl methyl sites for hydroxylation is 1. The molecular weight excluding hydrogens is 316 g/mol. The van der Waals surface area contributed by atoms with Crippen molar-refractivity contribution in [3.8, 4) is 0 Å². The average Bonchev–Trinajstić information content (AvgIpc) is 2.30. The lowest BCUT2D eigenvalue weighted by Gasteiger charge is -2.14. The molecule has 0 spiro atoms. The molecular formula is C12H13BrN2O4. The molecule has 0 fully saturated rings. The lowest BCUT2D eigenvalue weighted by molar-refractivity contribution is -0.140. The number of halogens is 1. The Hall–Kier alpha value is -1.89. The summed E-state index contributed by atoms with van der Waals surface area (Å²) in [5.41, 5.74) is 5.97. The van der Waals surface area contributed by atoms with Crippen molar-refractivity contribution in [2.75, 3.05) is 0 Å². The highest BCUT2D eigenvalue weighted by Crippen LogP contribution is 2.16. The average molecular weight is 329 g/mol. The van der Waals surface area contributed by atoms with Gasteiger partial charge in [0.15, 0.2) is 0 Å². The molecule has 19 heavy (non-hydrogen) atoms. The number of carboxylic acid groups (broad SMARTS) is 1. The number of nitrogens with one attached hydrogen (secondary N) is 1. The van der Waals surface area contributed by atoms with E-state index in [1.54, 1.807) is 25.1 Å². The molecule has 1 atom stereocenters. The SMILES string of the molecule is Cc1ccc(Br)cc1C(=O)NC(CC(N)=O)C(=O)O. The van der Waals surface area contributed by atoms with Crippen LogP contribution in [0.4, 0.5) is 0 Å². The van der Waals surface area contributed by atoms with Gasteiger partial charge in [-0.25, -0.2) is 4.79 Å². The quantitative estimate of drug-likeness (QED) is 0.743. The Labute approximate surface area is 118 Å². The van der Waals surface area contributed by atoms with E-state index in [1.807, 2.05) is 0 Å².